The second-order valence-corrected chi connectivity index (χ2v) is 6.51. The molecule has 0 aromatic heterocycles. The van der Waals surface area contributed by atoms with Crippen molar-refractivity contribution in [2.24, 2.45) is 5.92 Å². The number of methoxy groups -OCH3 is 3. The summed E-state index contributed by atoms with van der Waals surface area (Å²) in [6, 6.07) is 12.8. The van der Waals surface area contributed by atoms with Gasteiger partial charge in [-0.25, -0.2) is 0 Å². The molecule has 2 aromatic rings. The Morgan fingerprint density at radius 3 is 2.00 bits per heavy atom. The van der Waals surface area contributed by atoms with Gasteiger partial charge in [-0.15, -0.1) is 0 Å². The van der Waals surface area contributed by atoms with Crippen LogP contribution in [-0.2, 0) is 9.32 Å². The Morgan fingerprint density at radius 1 is 0.964 bits per heavy atom. The number of rotatable bonds is 9. The third kappa shape index (κ3) is 4.82. The molecule has 0 saturated heterocycles. The highest BCUT2D eigenvalue weighted by Crippen LogP contribution is 2.39. The van der Waals surface area contributed by atoms with Crippen LogP contribution in [0.5, 0.6) is 17.2 Å². The van der Waals surface area contributed by atoms with Gasteiger partial charge in [0.2, 0.25) is 0 Å². The van der Waals surface area contributed by atoms with Crippen LogP contribution in [-0.4, -0.2) is 33.1 Å². The fraction of sp³-hybridized carbons (Fsp3) is 0.333. The Hall–Kier alpha value is -2.59. The van der Waals surface area contributed by atoms with Gasteiger partial charge in [-0.3, -0.25) is 9.59 Å². The van der Waals surface area contributed by atoms with Gasteiger partial charge < -0.3 is 18.7 Å². The minimum atomic E-state index is -0.661. The van der Waals surface area contributed by atoms with Crippen molar-refractivity contribution >= 4 is 21.2 Å². The Kier molecular flexibility index (Phi) is 7.82. The van der Waals surface area contributed by atoms with E-state index in [1.807, 2.05) is 46.7 Å². The molecule has 6 nitrogen and oxygen atoms in total. The molecule has 0 heterocycles. The lowest BCUT2D eigenvalue weighted by molar-refractivity contribution is -0.134. The Morgan fingerprint density at radius 2 is 1.54 bits per heavy atom. The average Bonchev–Trinajstić information content (AvgIpc) is 2.75. The number of ketones is 1. The Labute approximate surface area is 167 Å². The molecule has 28 heavy (non-hydrogen) atoms. The molecular weight excluding hydrogens is 379 g/mol. The first kappa shape index (κ1) is 21.7. The fourth-order valence-electron chi connectivity index (χ4n) is 3.15. The number of Topliss-reactive ketones (excluding diaryl/α,β-unsaturated/α-hetero) is 1. The van der Waals surface area contributed by atoms with Gasteiger partial charge in [-0.05, 0) is 11.5 Å². The molecule has 0 saturated carbocycles. The van der Waals surface area contributed by atoms with Crippen LogP contribution in [0, 0.1) is 5.92 Å². The number of carbonyl (C=O) groups is 2. The quantitative estimate of drug-likeness (QED) is 0.464. The summed E-state index contributed by atoms with van der Waals surface area (Å²) in [6.07, 6.45) is -0.0727. The number of carbonyl (C=O) groups excluding carboxylic acids is 2. The molecule has 0 aliphatic carbocycles. The van der Waals surface area contributed by atoms with Gasteiger partial charge in [0.25, 0.3) is 0 Å². The molecular formula is C21H25O6P. The zero-order chi connectivity index (χ0) is 20.7. The van der Waals surface area contributed by atoms with Crippen molar-refractivity contribution < 1.29 is 28.3 Å². The summed E-state index contributed by atoms with van der Waals surface area (Å²) in [6.45, 7) is 1.91. The molecule has 0 bridgehead atoms. The summed E-state index contributed by atoms with van der Waals surface area (Å²) in [5.41, 5.74) is 1.22. The van der Waals surface area contributed by atoms with E-state index in [9.17, 15) is 9.59 Å². The summed E-state index contributed by atoms with van der Waals surface area (Å²) in [5.74, 6) is -0.486. The van der Waals surface area contributed by atoms with Crippen LogP contribution in [0.1, 0.15) is 35.2 Å². The topological polar surface area (TPSA) is 71.1 Å². The largest absolute Gasteiger partial charge is 0.496 e. The summed E-state index contributed by atoms with van der Waals surface area (Å²) in [4.78, 5) is 25.6. The molecule has 0 radical (unpaired) electrons. The van der Waals surface area contributed by atoms with Gasteiger partial charge in [-0.1, -0.05) is 37.3 Å². The third-order valence-corrected chi connectivity index (χ3v) is 5.01. The number of benzene rings is 2. The maximum atomic E-state index is 13.6. The summed E-state index contributed by atoms with van der Waals surface area (Å²) in [5, 5.41) is 0. The fourth-order valence-corrected chi connectivity index (χ4v) is 3.24. The van der Waals surface area contributed by atoms with E-state index < -0.39 is 11.9 Å². The van der Waals surface area contributed by atoms with Crippen molar-refractivity contribution in [3.63, 3.8) is 0 Å². The molecule has 3 unspecified atom stereocenters. The molecule has 3 atom stereocenters. The highest BCUT2D eigenvalue weighted by atomic mass is 31.0. The van der Waals surface area contributed by atoms with Crippen LogP contribution in [0.3, 0.4) is 0 Å². The van der Waals surface area contributed by atoms with E-state index in [0.717, 1.165) is 5.56 Å². The zero-order valence-corrected chi connectivity index (χ0v) is 17.6. The molecule has 0 amide bonds. The molecule has 0 fully saturated rings. The van der Waals surface area contributed by atoms with Crippen LogP contribution in [0.15, 0.2) is 42.5 Å². The van der Waals surface area contributed by atoms with Crippen LogP contribution in [0.25, 0.3) is 0 Å². The first-order valence-corrected chi connectivity index (χ1v) is 9.22. The standard InChI is InChI=1S/C21H25O6P/c1-13(14-8-6-5-7-9-14)16(12-19(22)27-28)21(23)20-17(25-3)10-15(24-2)11-18(20)26-4/h5-11,13,16H,12,28H2,1-4H3. The van der Waals surface area contributed by atoms with Gasteiger partial charge in [0, 0.05) is 18.1 Å². The lowest BCUT2D eigenvalue weighted by Crippen LogP contribution is -2.25. The smallest absolute Gasteiger partial charge is 0.308 e. The maximum Gasteiger partial charge on any atom is 0.308 e. The maximum absolute atomic E-state index is 13.6. The van der Waals surface area contributed by atoms with Gasteiger partial charge in [-0.2, -0.15) is 0 Å². The van der Waals surface area contributed by atoms with E-state index >= 15 is 0 Å². The normalized spacial score (nSPS) is 12.6. The van der Waals surface area contributed by atoms with E-state index in [2.05, 4.69) is 0 Å². The minimum absolute atomic E-state index is 0.0727. The van der Waals surface area contributed by atoms with Gasteiger partial charge in [0.05, 0.1) is 37.2 Å². The number of hydrogen-bond donors (Lipinski definition) is 0. The van der Waals surface area contributed by atoms with Gasteiger partial charge in [0.15, 0.2) is 5.78 Å². The summed E-state index contributed by atoms with van der Waals surface area (Å²) in [7, 11) is 6.39. The molecule has 0 aliphatic rings. The monoisotopic (exact) mass is 404 g/mol. The van der Waals surface area contributed by atoms with Crippen molar-refractivity contribution in [2.45, 2.75) is 19.3 Å². The first-order valence-electron chi connectivity index (χ1n) is 8.75. The van der Waals surface area contributed by atoms with Crippen molar-refractivity contribution in [1.82, 2.24) is 0 Å². The van der Waals surface area contributed by atoms with E-state index in [0.29, 0.717) is 17.2 Å². The molecule has 7 heteroatoms. The first-order chi connectivity index (χ1) is 13.5. The second kappa shape index (κ2) is 10.1. The van der Waals surface area contributed by atoms with Crippen LogP contribution in [0.4, 0.5) is 0 Å². The van der Waals surface area contributed by atoms with Crippen LogP contribution < -0.4 is 14.2 Å². The van der Waals surface area contributed by atoms with Crippen molar-refractivity contribution in [2.75, 3.05) is 21.3 Å². The van der Waals surface area contributed by atoms with Crippen molar-refractivity contribution in [1.29, 1.82) is 0 Å². The van der Waals surface area contributed by atoms with Crippen molar-refractivity contribution in [3.05, 3.63) is 53.6 Å². The number of hydrogen-bond acceptors (Lipinski definition) is 6. The summed E-state index contributed by atoms with van der Waals surface area (Å²) < 4.78 is 20.8. The molecule has 0 spiro atoms. The molecule has 0 N–H and O–H groups in total. The van der Waals surface area contributed by atoms with E-state index in [1.54, 1.807) is 12.1 Å². The molecule has 150 valence electrons. The lowest BCUT2D eigenvalue weighted by Gasteiger charge is -2.24. The SMILES string of the molecule is COc1cc(OC)c(C(=O)C(CC(=O)OP)C(C)c2ccccc2)c(OC)c1. The Bertz CT molecular complexity index is 796. The Balaban J connectivity index is 2.54. The van der Waals surface area contributed by atoms with Crippen LogP contribution >= 0.6 is 9.47 Å². The number of ether oxygens (including phenoxy) is 3. The van der Waals surface area contributed by atoms with E-state index in [-0.39, 0.29) is 23.7 Å². The summed E-state index contributed by atoms with van der Waals surface area (Å²) >= 11 is 0. The van der Waals surface area contributed by atoms with E-state index in [1.165, 1.54) is 21.3 Å². The predicted octanol–water partition coefficient (Wildman–Crippen LogP) is 4.04. The lowest BCUT2D eigenvalue weighted by atomic mass is 9.80. The highest BCUT2D eigenvalue weighted by Gasteiger charge is 2.34. The average molecular weight is 404 g/mol. The molecule has 2 aromatic carbocycles. The predicted molar refractivity (Wildman–Crippen MR) is 109 cm³/mol. The molecule has 2 rings (SSSR count). The highest BCUT2D eigenvalue weighted by molar-refractivity contribution is 7.10. The van der Waals surface area contributed by atoms with Gasteiger partial charge in [0.1, 0.15) is 22.8 Å². The van der Waals surface area contributed by atoms with Crippen molar-refractivity contribution in [3.8, 4) is 17.2 Å². The van der Waals surface area contributed by atoms with Crippen LogP contribution in [0.2, 0.25) is 0 Å². The van der Waals surface area contributed by atoms with Gasteiger partial charge >= 0.3 is 5.97 Å². The van der Waals surface area contributed by atoms with E-state index in [4.69, 9.17) is 18.7 Å². The minimum Gasteiger partial charge on any atom is -0.496 e. The third-order valence-electron chi connectivity index (χ3n) is 4.75. The molecule has 0 aliphatic heterocycles. The zero-order valence-electron chi connectivity index (χ0n) is 16.4. The second-order valence-electron chi connectivity index (χ2n) is 6.27.